The molecule has 0 aliphatic rings. The Bertz CT molecular complexity index is 936. The van der Waals surface area contributed by atoms with Crippen molar-refractivity contribution in [2.24, 2.45) is 0 Å². The van der Waals surface area contributed by atoms with Gasteiger partial charge < -0.3 is 15.4 Å². The molecule has 6 nitrogen and oxygen atoms in total. The highest BCUT2D eigenvalue weighted by atomic mass is 32.1. The quantitative estimate of drug-likeness (QED) is 0.735. The van der Waals surface area contributed by atoms with Gasteiger partial charge in [-0.3, -0.25) is 9.59 Å². The summed E-state index contributed by atoms with van der Waals surface area (Å²) in [4.78, 5) is 27.8. The highest BCUT2D eigenvalue weighted by Gasteiger charge is 2.11. The fourth-order valence-corrected chi connectivity index (χ4v) is 3.37. The van der Waals surface area contributed by atoms with Crippen molar-refractivity contribution >= 4 is 44.2 Å². The lowest BCUT2D eigenvalue weighted by Crippen LogP contribution is -2.14. The average Bonchev–Trinajstić information content (AvgIpc) is 2.96. The van der Waals surface area contributed by atoms with Crippen LogP contribution in [-0.2, 0) is 16.0 Å². The Balaban J connectivity index is 1.73. The van der Waals surface area contributed by atoms with Gasteiger partial charge in [-0.15, -0.1) is 0 Å². The van der Waals surface area contributed by atoms with E-state index in [1.807, 2.05) is 36.4 Å². The third-order valence-electron chi connectivity index (χ3n) is 3.50. The zero-order valence-corrected chi connectivity index (χ0v) is 14.6. The van der Waals surface area contributed by atoms with Crippen LogP contribution in [0.3, 0.4) is 0 Å². The van der Waals surface area contributed by atoms with Crippen LogP contribution in [-0.4, -0.2) is 23.9 Å². The van der Waals surface area contributed by atoms with E-state index in [-0.39, 0.29) is 18.2 Å². The molecule has 0 fully saturated rings. The van der Waals surface area contributed by atoms with Gasteiger partial charge in [-0.25, -0.2) is 4.98 Å². The van der Waals surface area contributed by atoms with Gasteiger partial charge in [-0.2, -0.15) is 0 Å². The van der Waals surface area contributed by atoms with E-state index in [1.165, 1.54) is 18.3 Å². The Morgan fingerprint density at radius 1 is 1.16 bits per heavy atom. The number of aromatic nitrogens is 1. The van der Waals surface area contributed by atoms with Gasteiger partial charge in [0.05, 0.1) is 23.7 Å². The molecule has 2 N–H and O–H groups in total. The van der Waals surface area contributed by atoms with E-state index >= 15 is 0 Å². The number of para-hydroxylation sites is 1. The number of nitrogens with one attached hydrogen (secondary N) is 2. The van der Waals surface area contributed by atoms with E-state index in [9.17, 15) is 9.59 Å². The molecule has 0 unspecified atom stereocenters. The second-order valence-corrected chi connectivity index (χ2v) is 6.45. The van der Waals surface area contributed by atoms with E-state index < -0.39 is 0 Å². The maximum atomic E-state index is 12.3. The number of carbonyl (C=O) groups excluding carboxylic acids is 2. The first-order valence-corrected chi connectivity index (χ1v) is 8.47. The number of ether oxygens (including phenoxy) is 1. The Kier molecular flexibility index (Phi) is 4.95. The topological polar surface area (TPSA) is 80.3 Å². The molecule has 0 aliphatic heterocycles. The number of amides is 2. The molecular formula is C18H17N3O3S. The molecule has 3 rings (SSSR count). The zero-order chi connectivity index (χ0) is 17.8. The molecule has 0 bridgehead atoms. The van der Waals surface area contributed by atoms with Crippen molar-refractivity contribution in [1.82, 2.24) is 4.98 Å². The second kappa shape index (κ2) is 7.31. The van der Waals surface area contributed by atoms with Crippen molar-refractivity contribution in [2.75, 3.05) is 17.7 Å². The fourth-order valence-electron chi connectivity index (χ4n) is 2.44. The van der Waals surface area contributed by atoms with Gasteiger partial charge in [0.25, 0.3) is 0 Å². The summed E-state index contributed by atoms with van der Waals surface area (Å²) in [7, 11) is 1.58. The number of rotatable bonds is 5. The monoisotopic (exact) mass is 355 g/mol. The molecule has 0 atom stereocenters. The number of methoxy groups -OCH3 is 1. The summed E-state index contributed by atoms with van der Waals surface area (Å²) in [6, 6.07) is 12.8. The van der Waals surface area contributed by atoms with Crippen LogP contribution >= 0.6 is 11.3 Å². The molecule has 0 spiro atoms. The molecule has 0 saturated carbocycles. The van der Waals surface area contributed by atoms with Crippen molar-refractivity contribution in [3.8, 4) is 5.75 Å². The van der Waals surface area contributed by atoms with Crippen LogP contribution in [0.1, 0.15) is 12.5 Å². The molecule has 25 heavy (non-hydrogen) atoms. The number of anilines is 2. The van der Waals surface area contributed by atoms with Gasteiger partial charge in [0.2, 0.25) is 11.8 Å². The first-order chi connectivity index (χ1) is 12.0. The molecule has 0 saturated heterocycles. The smallest absolute Gasteiger partial charge is 0.230 e. The molecular weight excluding hydrogens is 338 g/mol. The van der Waals surface area contributed by atoms with Crippen LogP contribution in [0.2, 0.25) is 0 Å². The van der Waals surface area contributed by atoms with Gasteiger partial charge >= 0.3 is 0 Å². The van der Waals surface area contributed by atoms with E-state index in [0.29, 0.717) is 16.6 Å². The maximum Gasteiger partial charge on any atom is 0.230 e. The number of fused-ring (bicyclic) bond motifs is 1. The predicted molar refractivity (Wildman–Crippen MR) is 99.3 cm³/mol. The maximum absolute atomic E-state index is 12.3. The molecule has 7 heteroatoms. The third kappa shape index (κ3) is 4.13. The summed E-state index contributed by atoms with van der Waals surface area (Å²) in [5.74, 6) is 0.390. The Hall–Kier alpha value is -2.93. The summed E-state index contributed by atoms with van der Waals surface area (Å²) >= 11 is 1.36. The van der Waals surface area contributed by atoms with Crippen molar-refractivity contribution in [3.05, 3.63) is 48.0 Å². The van der Waals surface area contributed by atoms with Gasteiger partial charge in [0.1, 0.15) is 5.75 Å². The minimum absolute atomic E-state index is 0.130. The highest BCUT2D eigenvalue weighted by Crippen LogP contribution is 2.28. The molecule has 3 aromatic rings. The van der Waals surface area contributed by atoms with E-state index in [0.717, 1.165) is 15.8 Å². The van der Waals surface area contributed by atoms with Crippen LogP contribution in [0.5, 0.6) is 5.75 Å². The molecule has 0 aliphatic carbocycles. The Labute approximate surface area is 148 Å². The first kappa shape index (κ1) is 16.9. The highest BCUT2D eigenvalue weighted by molar-refractivity contribution is 7.22. The predicted octanol–water partition coefficient (Wildman–Crippen LogP) is 3.44. The SMILES string of the molecule is COc1ccccc1CC(=O)Nc1nc2ccc(NC(C)=O)cc2s1. The standard InChI is InChI=1S/C18H17N3O3S/c1-11(22)19-13-7-8-14-16(10-13)25-18(20-14)21-17(23)9-12-5-3-4-6-15(12)24-2/h3-8,10H,9H2,1-2H3,(H,19,22)(H,20,21,23). The van der Waals surface area contributed by atoms with E-state index in [2.05, 4.69) is 15.6 Å². The van der Waals surface area contributed by atoms with Crippen LogP contribution in [0.15, 0.2) is 42.5 Å². The molecule has 1 heterocycles. The zero-order valence-electron chi connectivity index (χ0n) is 13.8. The van der Waals surface area contributed by atoms with Crippen LogP contribution in [0, 0.1) is 0 Å². The fraction of sp³-hybridized carbons (Fsp3) is 0.167. The summed E-state index contributed by atoms with van der Waals surface area (Å²) < 4.78 is 6.15. The summed E-state index contributed by atoms with van der Waals surface area (Å²) in [5, 5.41) is 6.07. The summed E-state index contributed by atoms with van der Waals surface area (Å²) in [6.45, 7) is 1.46. The molecule has 0 radical (unpaired) electrons. The minimum atomic E-state index is -0.161. The first-order valence-electron chi connectivity index (χ1n) is 7.65. The number of hydrogen-bond donors (Lipinski definition) is 2. The summed E-state index contributed by atoms with van der Waals surface area (Å²) in [6.07, 6.45) is 0.205. The Morgan fingerprint density at radius 3 is 2.72 bits per heavy atom. The van der Waals surface area contributed by atoms with Gasteiger partial charge in [-0.1, -0.05) is 29.5 Å². The molecule has 2 amide bonds. The average molecular weight is 355 g/mol. The number of benzene rings is 2. The lowest BCUT2D eigenvalue weighted by molar-refractivity contribution is -0.116. The molecule has 1 aromatic heterocycles. The van der Waals surface area contributed by atoms with E-state index in [4.69, 9.17) is 4.74 Å². The van der Waals surface area contributed by atoms with Crippen molar-refractivity contribution in [2.45, 2.75) is 13.3 Å². The number of thiazole rings is 1. The van der Waals surface area contributed by atoms with Gasteiger partial charge in [0, 0.05) is 18.2 Å². The Morgan fingerprint density at radius 2 is 1.96 bits per heavy atom. The molecule has 128 valence electrons. The van der Waals surface area contributed by atoms with Crippen molar-refractivity contribution < 1.29 is 14.3 Å². The van der Waals surface area contributed by atoms with Crippen LogP contribution in [0.25, 0.3) is 10.2 Å². The number of hydrogen-bond acceptors (Lipinski definition) is 5. The van der Waals surface area contributed by atoms with E-state index in [1.54, 1.807) is 13.2 Å². The summed E-state index contributed by atoms with van der Waals surface area (Å²) in [5.41, 5.74) is 2.29. The van der Waals surface area contributed by atoms with Crippen molar-refractivity contribution in [1.29, 1.82) is 0 Å². The largest absolute Gasteiger partial charge is 0.496 e. The third-order valence-corrected chi connectivity index (χ3v) is 4.43. The van der Waals surface area contributed by atoms with Crippen LogP contribution < -0.4 is 15.4 Å². The number of carbonyl (C=O) groups is 2. The normalized spacial score (nSPS) is 10.5. The second-order valence-electron chi connectivity index (χ2n) is 5.42. The number of nitrogens with zero attached hydrogens (tertiary/aromatic N) is 1. The minimum Gasteiger partial charge on any atom is -0.496 e. The molecule has 2 aromatic carbocycles. The van der Waals surface area contributed by atoms with Gasteiger partial charge in [-0.05, 0) is 24.3 Å². The lowest BCUT2D eigenvalue weighted by Gasteiger charge is -2.07. The van der Waals surface area contributed by atoms with Crippen molar-refractivity contribution in [3.63, 3.8) is 0 Å². The lowest BCUT2D eigenvalue weighted by atomic mass is 10.1. The van der Waals surface area contributed by atoms with Crippen LogP contribution in [0.4, 0.5) is 10.8 Å². The van der Waals surface area contributed by atoms with Gasteiger partial charge in [0.15, 0.2) is 5.13 Å².